The number of nitrogens with zero attached hydrogens (tertiary/aromatic N) is 2. The van der Waals surface area contributed by atoms with E-state index >= 15 is 0 Å². The van der Waals surface area contributed by atoms with Crippen LogP contribution in [0.5, 0.6) is 0 Å². The van der Waals surface area contributed by atoms with Gasteiger partial charge in [-0.1, -0.05) is 41.5 Å². The Bertz CT molecular complexity index is 1040. The van der Waals surface area contributed by atoms with Crippen LogP contribution in [-0.4, -0.2) is 44.9 Å². The summed E-state index contributed by atoms with van der Waals surface area (Å²) in [7, 11) is 1.90. The van der Waals surface area contributed by atoms with E-state index in [0.717, 1.165) is 42.4 Å². The Morgan fingerprint density at radius 1 is 0.951 bits per heavy atom. The molecule has 6 nitrogen and oxygen atoms in total. The van der Waals surface area contributed by atoms with Crippen molar-refractivity contribution in [1.29, 1.82) is 0 Å². The summed E-state index contributed by atoms with van der Waals surface area (Å²) < 4.78 is 24.4. The van der Waals surface area contributed by atoms with Crippen molar-refractivity contribution in [3.05, 3.63) is 11.8 Å². The van der Waals surface area contributed by atoms with Crippen LogP contribution in [0, 0.1) is 46.3 Å². The molecule has 0 aliphatic heterocycles. The smallest absolute Gasteiger partial charge is 0.242 e. The molecule has 0 saturated heterocycles. The van der Waals surface area contributed by atoms with Crippen LogP contribution < -0.4 is 0 Å². The van der Waals surface area contributed by atoms with Gasteiger partial charge in [-0.3, -0.25) is 0 Å². The summed E-state index contributed by atoms with van der Waals surface area (Å²) >= 11 is 0. The Hall–Kier alpha value is -0.763. The number of ether oxygens (including phenoxy) is 2. The molecular weight excluding hydrogens is 528 g/mol. The van der Waals surface area contributed by atoms with Gasteiger partial charge in [0.05, 0.1) is 6.10 Å². The van der Waals surface area contributed by atoms with Gasteiger partial charge in [0.15, 0.2) is 8.32 Å². The molecule has 234 valence electrons. The van der Waals surface area contributed by atoms with Gasteiger partial charge in [-0.15, -0.1) is 10.2 Å². The summed E-state index contributed by atoms with van der Waals surface area (Å²) in [5.74, 6) is 5.71. The predicted octanol–water partition coefficient (Wildman–Crippen LogP) is 8.46. The minimum atomic E-state index is -1.76. The first-order valence-corrected chi connectivity index (χ1v) is 19.6. The molecule has 10 atom stereocenters. The molecule has 0 spiro atoms. The highest BCUT2D eigenvalue weighted by atomic mass is 28.4. The monoisotopic (exact) mass is 588 g/mol. The van der Waals surface area contributed by atoms with Crippen LogP contribution in [0.3, 0.4) is 0 Å². The van der Waals surface area contributed by atoms with Crippen molar-refractivity contribution in [1.82, 2.24) is 10.2 Å². The molecule has 1 aromatic heterocycles. The lowest BCUT2D eigenvalue weighted by molar-refractivity contribution is -0.180. The molecule has 7 heteroatoms. The van der Waals surface area contributed by atoms with Crippen LogP contribution in [0.1, 0.15) is 111 Å². The average molecular weight is 589 g/mol. The number of fused-ring (bicyclic) bond motifs is 5. The van der Waals surface area contributed by atoms with Crippen LogP contribution in [0.2, 0.25) is 18.1 Å². The maximum Gasteiger partial charge on any atom is 0.242 e. The van der Waals surface area contributed by atoms with E-state index in [-0.39, 0.29) is 5.04 Å². The second-order valence-corrected chi connectivity index (χ2v) is 21.3. The minimum Gasteiger partial charge on any atom is -0.423 e. The molecule has 1 heterocycles. The summed E-state index contributed by atoms with van der Waals surface area (Å²) in [6.45, 7) is 20.2. The topological polar surface area (TPSA) is 66.6 Å². The van der Waals surface area contributed by atoms with E-state index in [0.29, 0.717) is 47.4 Å². The predicted molar refractivity (Wildman–Crippen MR) is 166 cm³/mol. The van der Waals surface area contributed by atoms with Gasteiger partial charge in [-0.25, -0.2) is 0 Å². The third kappa shape index (κ3) is 5.75. The lowest BCUT2D eigenvalue weighted by Crippen LogP contribution is -2.59. The van der Waals surface area contributed by atoms with Crippen LogP contribution in [0.15, 0.2) is 4.42 Å². The SMILES string of the molecule is COCc1nnc(CC[C@@H](C)[C@H]2CC[C@H]3[C@@H]4[C@H](OC)C[C@@H]5CC(O[Si](C)(C)C(C)(C)C)CC[C@]5(C)[C@H]4CC[C@]23C)o1. The zero-order valence-corrected chi connectivity index (χ0v) is 28.9. The summed E-state index contributed by atoms with van der Waals surface area (Å²) in [5.41, 5.74) is 0.829. The van der Waals surface area contributed by atoms with Crippen molar-refractivity contribution < 1.29 is 18.3 Å². The van der Waals surface area contributed by atoms with E-state index < -0.39 is 8.32 Å². The molecule has 4 aliphatic carbocycles. The van der Waals surface area contributed by atoms with Crippen molar-refractivity contribution >= 4 is 8.32 Å². The summed E-state index contributed by atoms with van der Waals surface area (Å²) in [4.78, 5) is 0. The molecule has 1 unspecified atom stereocenters. The Balaban J connectivity index is 1.27. The van der Waals surface area contributed by atoms with E-state index in [9.17, 15) is 0 Å². The summed E-state index contributed by atoms with van der Waals surface area (Å²) in [5, 5.41) is 8.67. The fraction of sp³-hybridized carbons (Fsp3) is 0.941. The Kier molecular flexibility index (Phi) is 8.98. The third-order valence-electron chi connectivity index (χ3n) is 13.5. The molecule has 0 radical (unpaired) electrons. The first kappa shape index (κ1) is 31.7. The second-order valence-electron chi connectivity index (χ2n) is 16.5. The normalized spacial score (nSPS) is 40.1. The standard InChI is InChI=1S/C34H60N2O4Si/c1-22(11-14-29-35-36-30(39-29)21-37-7)25-12-13-26-31-27(16-18-34(25,26)6)33(5)17-15-24(19-23(33)20-28(31)38-8)40-41(9,10)32(2,3)4/h22-28,31H,11-21H2,1-10H3/t22-,23+,24?,25-,26+,27+,28-,31+,33+,34-/m1/s1. The van der Waals surface area contributed by atoms with Gasteiger partial charge in [0.25, 0.3) is 0 Å². The quantitative estimate of drug-likeness (QED) is 0.270. The van der Waals surface area contributed by atoms with Gasteiger partial charge >= 0.3 is 0 Å². The van der Waals surface area contributed by atoms with Gasteiger partial charge < -0.3 is 18.3 Å². The summed E-state index contributed by atoms with van der Waals surface area (Å²) in [6.07, 6.45) is 13.3. The first-order chi connectivity index (χ1) is 19.2. The molecule has 0 amide bonds. The number of hydrogen-bond donors (Lipinski definition) is 0. The molecule has 0 aromatic carbocycles. The lowest BCUT2D eigenvalue weighted by atomic mass is 9.43. The molecule has 4 saturated carbocycles. The highest BCUT2D eigenvalue weighted by Gasteiger charge is 2.63. The van der Waals surface area contributed by atoms with E-state index in [1.54, 1.807) is 7.11 Å². The minimum absolute atomic E-state index is 0.267. The van der Waals surface area contributed by atoms with Crippen LogP contribution >= 0.6 is 0 Å². The maximum absolute atomic E-state index is 7.01. The van der Waals surface area contributed by atoms with Crippen molar-refractivity contribution in [3.63, 3.8) is 0 Å². The molecule has 5 rings (SSSR count). The molecule has 41 heavy (non-hydrogen) atoms. The van der Waals surface area contributed by atoms with Crippen molar-refractivity contribution in [2.45, 2.75) is 143 Å². The highest BCUT2D eigenvalue weighted by molar-refractivity contribution is 6.74. The summed E-state index contributed by atoms with van der Waals surface area (Å²) in [6, 6.07) is 0. The van der Waals surface area contributed by atoms with E-state index in [2.05, 4.69) is 64.8 Å². The molecule has 4 fully saturated rings. The van der Waals surface area contributed by atoms with Gasteiger partial charge in [0.1, 0.15) is 6.61 Å². The number of methoxy groups -OCH3 is 2. The number of hydrogen-bond acceptors (Lipinski definition) is 6. The molecule has 4 aliphatic rings. The van der Waals surface area contributed by atoms with Gasteiger partial charge in [-0.2, -0.15) is 0 Å². The molecule has 0 bridgehead atoms. The van der Waals surface area contributed by atoms with Crippen LogP contribution in [0.4, 0.5) is 0 Å². The average Bonchev–Trinajstić information content (AvgIpc) is 3.50. The molecule has 0 N–H and O–H groups in total. The van der Waals surface area contributed by atoms with E-state index in [1.807, 2.05) is 7.11 Å². The van der Waals surface area contributed by atoms with Crippen LogP contribution in [0.25, 0.3) is 0 Å². The lowest BCUT2D eigenvalue weighted by Gasteiger charge is -2.63. The zero-order valence-electron chi connectivity index (χ0n) is 27.9. The Labute approximate surface area is 251 Å². The molecule has 1 aromatic rings. The zero-order chi connectivity index (χ0) is 29.8. The fourth-order valence-corrected chi connectivity index (χ4v) is 11.6. The molecular formula is C34H60N2O4Si. The maximum atomic E-state index is 7.01. The third-order valence-corrected chi connectivity index (χ3v) is 18.1. The van der Waals surface area contributed by atoms with E-state index in [4.69, 9.17) is 18.3 Å². The fourth-order valence-electron chi connectivity index (χ4n) is 10.2. The van der Waals surface area contributed by atoms with Gasteiger partial charge in [0, 0.05) is 26.7 Å². The van der Waals surface area contributed by atoms with Crippen molar-refractivity contribution in [3.8, 4) is 0 Å². The van der Waals surface area contributed by atoms with Crippen molar-refractivity contribution in [2.24, 2.45) is 46.3 Å². The first-order valence-electron chi connectivity index (χ1n) is 16.7. The number of aryl methyl sites for hydroxylation is 1. The second kappa shape index (κ2) is 11.6. The van der Waals surface area contributed by atoms with E-state index in [1.165, 1.54) is 51.4 Å². The Morgan fingerprint density at radius 3 is 2.32 bits per heavy atom. The number of rotatable bonds is 9. The van der Waals surface area contributed by atoms with Gasteiger partial charge in [0.2, 0.25) is 11.8 Å². The van der Waals surface area contributed by atoms with Crippen molar-refractivity contribution in [2.75, 3.05) is 14.2 Å². The van der Waals surface area contributed by atoms with Crippen LogP contribution in [-0.2, 0) is 26.9 Å². The Morgan fingerprint density at radius 2 is 1.63 bits per heavy atom. The highest BCUT2D eigenvalue weighted by Crippen LogP contribution is 2.69. The van der Waals surface area contributed by atoms with Gasteiger partial charge in [-0.05, 0) is 122 Å². The number of aromatic nitrogens is 2. The largest absolute Gasteiger partial charge is 0.423 e.